The summed E-state index contributed by atoms with van der Waals surface area (Å²) < 4.78 is 43.6. The summed E-state index contributed by atoms with van der Waals surface area (Å²) in [5, 5.41) is 0.0232. The van der Waals surface area contributed by atoms with Gasteiger partial charge in [0, 0.05) is 19.7 Å². The van der Waals surface area contributed by atoms with E-state index in [-0.39, 0.29) is 44.2 Å². The summed E-state index contributed by atoms with van der Waals surface area (Å²) in [4.78, 5) is 12.5. The number of hydrogen-bond donors (Lipinski definition) is 0. The standard InChI is InChI=1S/C22H37NO6SSi/c1-8-28-20(24)22(13-14-22)30(25,26)23(15-16-29-31(6,7)21(2,3)4)17-18-9-11-19(27-5)12-10-18/h9-12H,8,13-17H2,1-7H3. The molecule has 176 valence electrons. The van der Waals surface area contributed by atoms with Crippen LogP contribution in [0.3, 0.4) is 0 Å². The molecule has 0 radical (unpaired) electrons. The second kappa shape index (κ2) is 9.60. The van der Waals surface area contributed by atoms with E-state index in [1.807, 2.05) is 12.1 Å². The topological polar surface area (TPSA) is 82.1 Å². The van der Waals surface area contributed by atoms with Crippen molar-refractivity contribution in [3.63, 3.8) is 0 Å². The van der Waals surface area contributed by atoms with Gasteiger partial charge in [0.25, 0.3) is 0 Å². The van der Waals surface area contributed by atoms with Crippen LogP contribution < -0.4 is 4.74 Å². The third-order valence-corrected chi connectivity index (χ3v) is 13.4. The molecule has 7 nitrogen and oxygen atoms in total. The maximum absolute atomic E-state index is 13.6. The number of hydrogen-bond acceptors (Lipinski definition) is 6. The molecule has 0 aliphatic heterocycles. The average molecular weight is 472 g/mol. The number of sulfonamides is 1. The average Bonchev–Trinajstić information content (AvgIpc) is 3.49. The summed E-state index contributed by atoms with van der Waals surface area (Å²) in [6.45, 7) is 13.2. The predicted molar refractivity (Wildman–Crippen MR) is 124 cm³/mol. The van der Waals surface area contributed by atoms with Crippen molar-refractivity contribution in [2.24, 2.45) is 0 Å². The molecule has 0 amide bonds. The van der Waals surface area contributed by atoms with E-state index in [2.05, 4.69) is 33.9 Å². The van der Waals surface area contributed by atoms with Crippen molar-refractivity contribution in [3.05, 3.63) is 29.8 Å². The molecule has 0 N–H and O–H groups in total. The van der Waals surface area contributed by atoms with E-state index in [1.54, 1.807) is 26.2 Å². The van der Waals surface area contributed by atoms with Gasteiger partial charge in [0.05, 0.1) is 13.7 Å². The molecule has 0 atom stereocenters. The predicted octanol–water partition coefficient (Wildman–Crippen LogP) is 3.94. The molecule has 1 aliphatic carbocycles. The minimum atomic E-state index is -3.92. The highest BCUT2D eigenvalue weighted by molar-refractivity contribution is 7.91. The van der Waals surface area contributed by atoms with E-state index in [1.165, 1.54) is 4.31 Å². The normalized spacial score (nSPS) is 16.3. The molecular weight excluding hydrogens is 434 g/mol. The summed E-state index contributed by atoms with van der Waals surface area (Å²) in [7, 11) is -4.36. The first-order valence-electron chi connectivity index (χ1n) is 10.7. The molecule has 0 spiro atoms. The molecule has 0 saturated heterocycles. The number of ether oxygens (including phenoxy) is 2. The van der Waals surface area contributed by atoms with E-state index in [4.69, 9.17) is 13.9 Å². The molecule has 1 aromatic rings. The molecule has 1 saturated carbocycles. The van der Waals surface area contributed by atoms with Gasteiger partial charge in [0.2, 0.25) is 10.0 Å². The van der Waals surface area contributed by atoms with E-state index in [0.29, 0.717) is 5.75 Å². The Balaban J connectivity index is 2.26. The van der Waals surface area contributed by atoms with Crippen LogP contribution in [0.1, 0.15) is 46.1 Å². The SMILES string of the molecule is CCOC(=O)C1(S(=O)(=O)N(CCO[Si](C)(C)C(C)(C)C)Cc2ccc(OC)cc2)CC1. The first kappa shape index (κ1) is 25.8. The number of carbonyl (C=O) groups is 1. The molecule has 31 heavy (non-hydrogen) atoms. The lowest BCUT2D eigenvalue weighted by atomic mass is 10.2. The van der Waals surface area contributed by atoms with Gasteiger partial charge in [-0.05, 0) is 55.6 Å². The number of methoxy groups -OCH3 is 1. The zero-order chi connectivity index (χ0) is 23.5. The van der Waals surface area contributed by atoms with Gasteiger partial charge in [-0.15, -0.1) is 0 Å². The number of carbonyl (C=O) groups excluding carboxylic acids is 1. The monoisotopic (exact) mass is 471 g/mol. The van der Waals surface area contributed by atoms with Gasteiger partial charge in [0.1, 0.15) is 5.75 Å². The van der Waals surface area contributed by atoms with Crippen LogP contribution >= 0.6 is 0 Å². The van der Waals surface area contributed by atoms with Gasteiger partial charge >= 0.3 is 5.97 Å². The van der Waals surface area contributed by atoms with Crippen LogP contribution in [-0.4, -0.2) is 58.6 Å². The summed E-state index contributed by atoms with van der Waals surface area (Å²) in [5.74, 6) is 0.0460. The molecule has 0 heterocycles. The third-order valence-electron chi connectivity index (χ3n) is 6.31. The Kier molecular flexibility index (Phi) is 8.00. The number of nitrogens with zero attached hydrogens (tertiary/aromatic N) is 1. The third kappa shape index (κ3) is 5.69. The smallest absolute Gasteiger partial charge is 0.328 e. The van der Waals surface area contributed by atoms with E-state index >= 15 is 0 Å². The molecule has 2 rings (SSSR count). The summed E-state index contributed by atoms with van der Waals surface area (Å²) >= 11 is 0. The fraction of sp³-hybridized carbons (Fsp3) is 0.682. The Morgan fingerprint density at radius 1 is 1.16 bits per heavy atom. The summed E-state index contributed by atoms with van der Waals surface area (Å²) in [6.07, 6.45) is 0.576. The van der Waals surface area contributed by atoms with Crippen molar-refractivity contribution in [2.45, 2.75) is 70.0 Å². The van der Waals surface area contributed by atoms with Crippen LogP contribution in [0, 0.1) is 0 Å². The molecule has 1 fully saturated rings. The van der Waals surface area contributed by atoms with E-state index in [9.17, 15) is 13.2 Å². The van der Waals surface area contributed by atoms with Crippen LogP contribution in [0.4, 0.5) is 0 Å². The van der Waals surface area contributed by atoms with Crippen molar-refractivity contribution in [2.75, 3.05) is 26.9 Å². The second-order valence-electron chi connectivity index (χ2n) is 9.51. The van der Waals surface area contributed by atoms with Gasteiger partial charge in [-0.25, -0.2) is 8.42 Å². The zero-order valence-corrected chi connectivity index (χ0v) is 21.7. The van der Waals surface area contributed by atoms with Crippen LogP contribution in [0.5, 0.6) is 5.75 Å². The molecule has 0 aromatic heterocycles. The van der Waals surface area contributed by atoms with Crippen LogP contribution in [0.2, 0.25) is 18.1 Å². The number of rotatable bonds is 11. The minimum absolute atomic E-state index is 0.0232. The van der Waals surface area contributed by atoms with Crippen molar-refractivity contribution < 1.29 is 27.1 Å². The molecule has 0 unspecified atom stereocenters. The van der Waals surface area contributed by atoms with Crippen LogP contribution in [-0.2, 0) is 30.5 Å². The first-order valence-corrected chi connectivity index (χ1v) is 15.1. The first-order chi connectivity index (χ1) is 14.3. The lowest BCUT2D eigenvalue weighted by Gasteiger charge is -2.37. The highest BCUT2D eigenvalue weighted by Crippen LogP contribution is 2.46. The quantitative estimate of drug-likeness (QED) is 0.359. The second-order valence-corrected chi connectivity index (χ2v) is 16.6. The number of esters is 1. The highest BCUT2D eigenvalue weighted by atomic mass is 32.2. The molecule has 1 aromatic carbocycles. The molecule has 0 bridgehead atoms. The molecule has 9 heteroatoms. The van der Waals surface area contributed by atoms with Gasteiger partial charge in [-0.3, -0.25) is 4.79 Å². The Bertz CT molecular complexity index is 857. The Labute approximate surface area is 188 Å². The Morgan fingerprint density at radius 2 is 1.74 bits per heavy atom. The number of benzene rings is 1. The van der Waals surface area contributed by atoms with Crippen molar-refractivity contribution in [1.82, 2.24) is 4.31 Å². The van der Waals surface area contributed by atoms with Crippen LogP contribution in [0.25, 0.3) is 0 Å². The maximum atomic E-state index is 13.6. The van der Waals surface area contributed by atoms with Gasteiger partial charge in [-0.1, -0.05) is 32.9 Å². The summed E-state index contributed by atoms with van der Waals surface area (Å²) in [5.41, 5.74) is 0.816. The molecular formula is C22H37NO6SSi. The maximum Gasteiger partial charge on any atom is 0.328 e. The largest absolute Gasteiger partial charge is 0.497 e. The van der Waals surface area contributed by atoms with Gasteiger partial charge < -0.3 is 13.9 Å². The van der Waals surface area contributed by atoms with Crippen LogP contribution in [0.15, 0.2) is 24.3 Å². The van der Waals surface area contributed by atoms with E-state index < -0.39 is 29.1 Å². The van der Waals surface area contributed by atoms with Gasteiger partial charge in [-0.2, -0.15) is 4.31 Å². The minimum Gasteiger partial charge on any atom is -0.497 e. The highest BCUT2D eigenvalue weighted by Gasteiger charge is 2.64. The van der Waals surface area contributed by atoms with Crippen molar-refractivity contribution >= 4 is 24.3 Å². The fourth-order valence-electron chi connectivity index (χ4n) is 3.03. The van der Waals surface area contributed by atoms with Gasteiger partial charge in [0.15, 0.2) is 13.1 Å². The lowest BCUT2D eigenvalue weighted by Crippen LogP contribution is -2.47. The fourth-order valence-corrected chi connectivity index (χ4v) is 6.08. The van der Waals surface area contributed by atoms with Crippen molar-refractivity contribution in [1.29, 1.82) is 0 Å². The Morgan fingerprint density at radius 3 is 2.19 bits per heavy atom. The van der Waals surface area contributed by atoms with Crippen molar-refractivity contribution in [3.8, 4) is 5.75 Å². The molecule has 1 aliphatic rings. The summed E-state index contributed by atoms with van der Waals surface area (Å²) in [6, 6.07) is 7.26. The Hall–Kier alpha value is -1.42. The zero-order valence-electron chi connectivity index (χ0n) is 19.9. The van der Waals surface area contributed by atoms with E-state index in [0.717, 1.165) is 5.56 Å². The lowest BCUT2D eigenvalue weighted by molar-refractivity contribution is -0.143.